The molecule has 0 spiro atoms. The van der Waals surface area contributed by atoms with Crippen LogP contribution in [0.2, 0.25) is 5.02 Å². The Balaban J connectivity index is 1.77. The average Bonchev–Trinajstić information content (AvgIpc) is 3.08. The summed E-state index contributed by atoms with van der Waals surface area (Å²) in [5.74, 6) is 0.261. The van der Waals surface area contributed by atoms with E-state index in [0.717, 1.165) is 11.3 Å². The van der Waals surface area contributed by atoms with Gasteiger partial charge in [-0.15, -0.1) is 5.10 Å². The monoisotopic (exact) mass is 360 g/mol. The lowest BCUT2D eigenvalue weighted by molar-refractivity contribution is 0.0600. The summed E-state index contributed by atoms with van der Waals surface area (Å²) in [5.41, 5.74) is 2.28. The van der Waals surface area contributed by atoms with Gasteiger partial charge in [0.05, 0.1) is 18.4 Å². The highest BCUT2D eigenvalue weighted by Gasteiger charge is 2.11. The van der Waals surface area contributed by atoms with Crippen LogP contribution in [0.25, 0.3) is 5.69 Å². The number of rotatable bonds is 5. The number of thioether (sulfide) groups is 1. The van der Waals surface area contributed by atoms with Gasteiger partial charge >= 0.3 is 5.97 Å². The first kappa shape index (κ1) is 16.5. The van der Waals surface area contributed by atoms with Crippen LogP contribution < -0.4 is 0 Å². The molecule has 2 aromatic carbocycles. The number of tetrazole rings is 1. The van der Waals surface area contributed by atoms with Crippen molar-refractivity contribution in [1.82, 2.24) is 20.2 Å². The molecule has 0 fully saturated rings. The molecule has 122 valence electrons. The molecule has 0 bridgehead atoms. The third kappa shape index (κ3) is 3.74. The zero-order chi connectivity index (χ0) is 16.9. The van der Waals surface area contributed by atoms with Gasteiger partial charge in [-0.3, -0.25) is 0 Å². The fourth-order valence-corrected chi connectivity index (χ4v) is 3.11. The van der Waals surface area contributed by atoms with Crippen LogP contribution in [0, 0.1) is 0 Å². The van der Waals surface area contributed by atoms with Gasteiger partial charge in [0.15, 0.2) is 0 Å². The van der Waals surface area contributed by atoms with Crippen molar-refractivity contribution in [3.63, 3.8) is 0 Å². The summed E-state index contributed by atoms with van der Waals surface area (Å²) in [5, 5.41) is 13.0. The third-order valence-electron chi connectivity index (χ3n) is 3.21. The molecule has 0 saturated carbocycles. The van der Waals surface area contributed by atoms with Crippen LogP contribution in [0.15, 0.2) is 53.7 Å². The molecule has 0 saturated heterocycles. The standard InChI is InChI=1S/C16H13ClN4O2S/c1-23-15(22)12-5-2-4-11(8-12)10-24-16-18-19-20-21(16)14-7-3-6-13(17)9-14/h2-9H,10H2,1H3. The molecule has 3 rings (SSSR count). The number of carbonyl (C=O) groups excluding carboxylic acids is 1. The highest BCUT2D eigenvalue weighted by molar-refractivity contribution is 7.98. The van der Waals surface area contributed by atoms with E-state index in [1.165, 1.54) is 18.9 Å². The minimum absolute atomic E-state index is 0.356. The zero-order valence-corrected chi connectivity index (χ0v) is 14.3. The Hall–Kier alpha value is -2.38. The van der Waals surface area contributed by atoms with Crippen LogP contribution in [0.3, 0.4) is 0 Å². The lowest BCUT2D eigenvalue weighted by atomic mass is 10.1. The van der Waals surface area contributed by atoms with E-state index >= 15 is 0 Å². The first-order valence-electron chi connectivity index (χ1n) is 7.02. The van der Waals surface area contributed by atoms with Gasteiger partial charge < -0.3 is 4.74 Å². The number of benzene rings is 2. The van der Waals surface area contributed by atoms with Crippen molar-refractivity contribution in [1.29, 1.82) is 0 Å². The predicted molar refractivity (Wildman–Crippen MR) is 91.5 cm³/mol. The van der Waals surface area contributed by atoms with Crippen LogP contribution >= 0.6 is 23.4 Å². The highest BCUT2D eigenvalue weighted by Crippen LogP contribution is 2.24. The summed E-state index contributed by atoms with van der Waals surface area (Å²) in [6, 6.07) is 14.6. The van der Waals surface area contributed by atoms with E-state index in [1.807, 2.05) is 24.3 Å². The maximum Gasteiger partial charge on any atom is 0.337 e. The molecular weight excluding hydrogens is 348 g/mol. The quantitative estimate of drug-likeness (QED) is 0.513. The van der Waals surface area contributed by atoms with E-state index in [4.69, 9.17) is 16.3 Å². The molecule has 24 heavy (non-hydrogen) atoms. The zero-order valence-electron chi connectivity index (χ0n) is 12.7. The SMILES string of the molecule is COC(=O)c1cccc(CSc2nnnn2-c2cccc(Cl)c2)c1. The van der Waals surface area contributed by atoms with Crippen molar-refractivity contribution < 1.29 is 9.53 Å². The molecule has 0 aliphatic heterocycles. The van der Waals surface area contributed by atoms with Gasteiger partial charge in [0, 0.05) is 10.8 Å². The van der Waals surface area contributed by atoms with Crippen LogP contribution in [0.5, 0.6) is 0 Å². The number of halogens is 1. The molecule has 0 N–H and O–H groups in total. The second-order valence-electron chi connectivity index (χ2n) is 4.83. The third-order valence-corrected chi connectivity index (χ3v) is 4.44. The first-order chi connectivity index (χ1) is 11.7. The minimum Gasteiger partial charge on any atom is -0.465 e. The van der Waals surface area contributed by atoms with E-state index in [2.05, 4.69) is 15.5 Å². The first-order valence-corrected chi connectivity index (χ1v) is 8.38. The van der Waals surface area contributed by atoms with E-state index < -0.39 is 0 Å². The Kier molecular flexibility index (Phi) is 5.12. The average molecular weight is 361 g/mol. The predicted octanol–water partition coefficient (Wildman–Crippen LogP) is 3.39. The Labute approximate surface area is 147 Å². The summed E-state index contributed by atoms with van der Waals surface area (Å²) in [6.45, 7) is 0. The Bertz CT molecular complexity index is 869. The molecule has 1 aromatic heterocycles. The van der Waals surface area contributed by atoms with E-state index in [-0.39, 0.29) is 5.97 Å². The number of aromatic nitrogens is 4. The number of ether oxygens (including phenoxy) is 1. The highest BCUT2D eigenvalue weighted by atomic mass is 35.5. The summed E-state index contributed by atoms with van der Waals surface area (Å²) in [4.78, 5) is 11.6. The van der Waals surface area contributed by atoms with Gasteiger partial charge in [-0.05, 0) is 46.3 Å². The number of hydrogen-bond donors (Lipinski definition) is 0. The molecule has 8 heteroatoms. The van der Waals surface area contributed by atoms with E-state index in [9.17, 15) is 4.79 Å². The van der Waals surface area contributed by atoms with Crippen molar-refractivity contribution in [2.24, 2.45) is 0 Å². The number of esters is 1. The molecule has 6 nitrogen and oxygen atoms in total. The smallest absolute Gasteiger partial charge is 0.337 e. The number of nitrogens with zero attached hydrogens (tertiary/aromatic N) is 4. The molecule has 0 unspecified atom stereocenters. The fourth-order valence-electron chi connectivity index (χ4n) is 2.09. The summed E-state index contributed by atoms with van der Waals surface area (Å²) < 4.78 is 6.36. The molecule has 0 aliphatic rings. The topological polar surface area (TPSA) is 69.9 Å². The van der Waals surface area contributed by atoms with Gasteiger partial charge in [-0.2, -0.15) is 4.68 Å². The molecule has 3 aromatic rings. The number of methoxy groups -OCH3 is 1. The van der Waals surface area contributed by atoms with Crippen molar-refractivity contribution in [3.8, 4) is 5.69 Å². The fraction of sp³-hybridized carbons (Fsp3) is 0.125. The molecule has 0 radical (unpaired) electrons. The van der Waals surface area contributed by atoms with Gasteiger partial charge in [-0.1, -0.05) is 41.6 Å². The van der Waals surface area contributed by atoms with E-state index in [1.54, 1.807) is 28.9 Å². The molecule has 0 amide bonds. The number of hydrogen-bond acceptors (Lipinski definition) is 6. The second-order valence-corrected chi connectivity index (χ2v) is 6.21. The second kappa shape index (κ2) is 7.46. The molecule has 0 aliphatic carbocycles. The molecule has 1 heterocycles. The maximum atomic E-state index is 11.6. The lowest BCUT2D eigenvalue weighted by Crippen LogP contribution is -2.02. The van der Waals surface area contributed by atoms with Crippen LogP contribution in [-0.4, -0.2) is 33.3 Å². The largest absolute Gasteiger partial charge is 0.465 e. The Morgan fingerprint density at radius 2 is 2.08 bits per heavy atom. The van der Waals surface area contributed by atoms with Crippen LogP contribution in [-0.2, 0) is 10.5 Å². The van der Waals surface area contributed by atoms with Gasteiger partial charge in [0.2, 0.25) is 5.16 Å². The van der Waals surface area contributed by atoms with Crippen molar-refractivity contribution in [2.75, 3.05) is 7.11 Å². The van der Waals surface area contributed by atoms with Gasteiger partial charge in [0.1, 0.15) is 0 Å². The Morgan fingerprint density at radius 3 is 2.88 bits per heavy atom. The minimum atomic E-state index is -0.356. The summed E-state index contributed by atoms with van der Waals surface area (Å²) in [6.07, 6.45) is 0. The maximum absolute atomic E-state index is 11.6. The number of carbonyl (C=O) groups is 1. The summed E-state index contributed by atoms with van der Waals surface area (Å²) >= 11 is 7.48. The summed E-state index contributed by atoms with van der Waals surface area (Å²) in [7, 11) is 1.36. The van der Waals surface area contributed by atoms with Gasteiger partial charge in [0.25, 0.3) is 0 Å². The van der Waals surface area contributed by atoms with Gasteiger partial charge in [-0.25, -0.2) is 4.79 Å². The van der Waals surface area contributed by atoms with Crippen molar-refractivity contribution >= 4 is 29.3 Å². The van der Waals surface area contributed by atoms with E-state index in [0.29, 0.717) is 21.5 Å². The molecule has 0 atom stereocenters. The molecular formula is C16H13ClN4O2S. The lowest BCUT2D eigenvalue weighted by Gasteiger charge is -2.06. The van der Waals surface area contributed by atoms with Crippen LogP contribution in [0.1, 0.15) is 15.9 Å². The normalized spacial score (nSPS) is 10.6. The Morgan fingerprint density at radius 1 is 1.25 bits per heavy atom. The van der Waals surface area contributed by atoms with Crippen molar-refractivity contribution in [3.05, 3.63) is 64.7 Å². The van der Waals surface area contributed by atoms with Crippen LogP contribution in [0.4, 0.5) is 0 Å². The van der Waals surface area contributed by atoms with Crippen molar-refractivity contribution in [2.45, 2.75) is 10.9 Å².